The first-order chi connectivity index (χ1) is 6.74. The third-order valence-electron chi connectivity index (χ3n) is 1.44. The van der Waals surface area contributed by atoms with Gasteiger partial charge in [0, 0.05) is 10.6 Å². The standard InChI is InChI=1S/C9H10ClNO3/c10-8-1-2-9(13)7(5-8)6-11-14-4-3-12/h1-2,5-6,12-13H,3-4H2/b11-6+. The second-order valence-electron chi connectivity index (χ2n) is 2.49. The number of aliphatic hydroxyl groups is 1. The summed E-state index contributed by atoms with van der Waals surface area (Å²) >= 11 is 5.70. The molecule has 0 aromatic heterocycles. The van der Waals surface area contributed by atoms with E-state index in [1.54, 1.807) is 12.1 Å². The molecule has 1 aromatic carbocycles. The number of aromatic hydroxyl groups is 1. The van der Waals surface area contributed by atoms with E-state index in [9.17, 15) is 5.11 Å². The number of aliphatic hydroxyl groups excluding tert-OH is 1. The Morgan fingerprint density at radius 1 is 1.50 bits per heavy atom. The van der Waals surface area contributed by atoms with Gasteiger partial charge in [0.1, 0.15) is 12.4 Å². The number of phenolic OH excluding ortho intramolecular Hbond substituents is 1. The Labute approximate surface area is 86.4 Å². The summed E-state index contributed by atoms with van der Waals surface area (Å²) in [4.78, 5) is 4.65. The molecule has 0 saturated carbocycles. The molecule has 5 heteroatoms. The quantitative estimate of drug-likeness (QED) is 0.453. The highest BCUT2D eigenvalue weighted by molar-refractivity contribution is 6.30. The summed E-state index contributed by atoms with van der Waals surface area (Å²) < 4.78 is 0. The zero-order valence-corrected chi connectivity index (χ0v) is 8.11. The summed E-state index contributed by atoms with van der Waals surface area (Å²) in [7, 11) is 0. The van der Waals surface area contributed by atoms with Crippen LogP contribution in [0.5, 0.6) is 5.75 Å². The maximum absolute atomic E-state index is 9.34. The van der Waals surface area contributed by atoms with E-state index >= 15 is 0 Å². The number of benzene rings is 1. The van der Waals surface area contributed by atoms with Crippen LogP contribution < -0.4 is 0 Å². The van der Waals surface area contributed by atoms with Crippen molar-refractivity contribution < 1.29 is 15.1 Å². The van der Waals surface area contributed by atoms with Crippen LogP contribution in [0.2, 0.25) is 5.02 Å². The molecule has 0 radical (unpaired) electrons. The van der Waals surface area contributed by atoms with E-state index in [-0.39, 0.29) is 19.0 Å². The molecule has 0 atom stereocenters. The van der Waals surface area contributed by atoms with Crippen LogP contribution in [0.15, 0.2) is 23.4 Å². The van der Waals surface area contributed by atoms with E-state index in [1.807, 2.05) is 0 Å². The molecule has 0 fully saturated rings. The van der Waals surface area contributed by atoms with Gasteiger partial charge >= 0.3 is 0 Å². The monoisotopic (exact) mass is 215 g/mol. The second kappa shape index (κ2) is 5.47. The molecule has 1 aromatic rings. The van der Waals surface area contributed by atoms with Gasteiger partial charge in [0.05, 0.1) is 12.8 Å². The van der Waals surface area contributed by atoms with Gasteiger partial charge in [-0.3, -0.25) is 0 Å². The normalized spacial score (nSPS) is 10.7. The van der Waals surface area contributed by atoms with Gasteiger partial charge in [-0.25, -0.2) is 0 Å². The van der Waals surface area contributed by atoms with Crippen molar-refractivity contribution in [3.8, 4) is 5.75 Å². The minimum Gasteiger partial charge on any atom is -0.507 e. The van der Waals surface area contributed by atoms with Crippen LogP contribution in [-0.4, -0.2) is 29.6 Å². The summed E-state index contributed by atoms with van der Waals surface area (Å²) in [5.41, 5.74) is 0.468. The summed E-state index contributed by atoms with van der Waals surface area (Å²) in [5, 5.41) is 21.8. The number of hydrogen-bond donors (Lipinski definition) is 2. The van der Waals surface area contributed by atoms with Gasteiger partial charge in [-0.15, -0.1) is 0 Å². The molecule has 0 aliphatic carbocycles. The number of rotatable bonds is 4. The Balaban J connectivity index is 2.65. The van der Waals surface area contributed by atoms with Crippen LogP contribution in [0.3, 0.4) is 0 Å². The molecule has 2 N–H and O–H groups in total. The van der Waals surface area contributed by atoms with E-state index in [2.05, 4.69) is 9.99 Å². The van der Waals surface area contributed by atoms with Crippen molar-refractivity contribution in [2.24, 2.45) is 5.16 Å². The molecule has 76 valence electrons. The molecule has 4 nitrogen and oxygen atoms in total. The van der Waals surface area contributed by atoms with Gasteiger partial charge in [0.15, 0.2) is 0 Å². The number of oxime groups is 1. The van der Waals surface area contributed by atoms with Crippen molar-refractivity contribution in [3.63, 3.8) is 0 Å². The highest BCUT2D eigenvalue weighted by Crippen LogP contribution is 2.19. The predicted molar refractivity (Wildman–Crippen MR) is 53.7 cm³/mol. The fourth-order valence-corrected chi connectivity index (χ4v) is 0.997. The first kappa shape index (κ1) is 10.8. The molecular formula is C9H10ClNO3. The zero-order valence-electron chi connectivity index (χ0n) is 7.35. The number of hydrogen-bond acceptors (Lipinski definition) is 4. The number of nitrogens with zero attached hydrogens (tertiary/aromatic N) is 1. The second-order valence-corrected chi connectivity index (χ2v) is 2.93. The lowest BCUT2D eigenvalue weighted by molar-refractivity contribution is 0.0997. The zero-order chi connectivity index (χ0) is 10.4. The number of halogens is 1. The van der Waals surface area contributed by atoms with Crippen molar-refractivity contribution in [1.29, 1.82) is 0 Å². The molecule has 0 bridgehead atoms. The Bertz CT molecular complexity index is 328. The minimum absolute atomic E-state index is 0.0748. The molecule has 0 saturated heterocycles. The van der Waals surface area contributed by atoms with Gasteiger partial charge in [-0.05, 0) is 18.2 Å². The van der Waals surface area contributed by atoms with Crippen molar-refractivity contribution >= 4 is 17.8 Å². The maximum atomic E-state index is 9.34. The van der Waals surface area contributed by atoms with E-state index in [4.69, 9.17) is 16.7 Å². The van der Waals surface area contributed by atoms with E-state index in [1.165, 1.54) is 12.3 Å². The van der Waals surface area contributed by atoms with Crippen LogP contribution in [0.4, 0.5) is 0 Å². The van der Waals surface area contributed by atoms with Crippen LogP contribution in [0, 0.1) is 0 Å². The Morgan fingerprint density at radius 3 is 3.00 bits per heavy atom. The summed E-state index contributed by atoms with van der Waals surface area (Å²) in [6.45, 7) is 0.0245. The molecule has 14 heavy (non-hydrogen) atoms. The van der Waals surface area contributed by atoms with Crippen LogP contribution in [0.25, 0.3) is 0 Å². The van der Waals surface area contributed by atoms with Gasteiger partial charge in [-0.2, -0.15) is 0 Å². The van der Waals surface area contributed by atoms with Crippen molar-refractivity contribution in [1.82, 2.24) is 0 Å². The molecule has 0 spiro atoms. The van der Waals surface area contributed by atoms with Gasteiger partial charge < -0.3 is 15.1 Å². The highest BCUT2D eigenvalue weighted by atomic mass is 35.5. The van der Waals surface area contributed by atoms with Crippen LogP contribution >= 0.6 is 11.6 Å². The Kier molecular flexibility index (Phi) is 4.22. The van der Waals surface area contributed by atoms with Gasteiger partial charge in [-0.1, -0.05) is 16.8 Å². The first-order valence-electron chi connectivity index (χ1n) is 3.98. The third-order valence-corrected chi connectivity index (χ3v) is 1.67. The molecule has 0 unspecified atom stereocenters. The van der Waals surface area contributed by atoms with E-state index in [0.717, 1.165) is 0 Å². The van der Waals surface area contributed by atoms with Gasteiger partial charge in [0.25, 0.3) is 0 Å². The summed E-state index contributed by atoms with van der Waals surface area (Å²) in [6, 6.07) is 4.60. The molecule has 0 aliphatic rings. The smallest absolute Gasteiger partial charge is 0.140 e. The van der Waals surface area contributed by atoms with E-state index in [0.29, 0.717) is 10.6 Å². The largest absolute Gasteiger partial charge is 0.507 e. The average molecular weight is 216 g/mol. The van der Waals surface area contributed by atoms with Crippen LogP contribution in [0.1, 0.15) is 5.56 Å². The minimum atomic E-state index is -0.0983. The highest BCUT2D eigenvalue weighted by Gasteiger charge is 1.98. The lowest BCUT2D eigenvalue weighted by Crippen LogP contribution is -1.93. The topological polar surface area (TPSA) is 62.0 Å². The number of phenols is 1. The molecular weight excluding hydrogens is 206 g/mol. The first-order valence-corrected chi connectivity index (χ1v) is 4.36. The maximum Gasteiger partial charge on any atom is 0.140 e. The van der Waals surface area contributed by atoms with Crippen molar-refractivity contribution in [3.05, 3.63) is 28.8 Å². The van der Waals surface area contributed by atoms with Crippen LogP contribution in [-0.2, 0) is 4.84 Å². The lowest BCUT2D eigenvalue weighted by atomic mass is 10.2. The molecule has 1 rings (SSSR count). The summed E-state index contributed by atoms with van der Waals surface area (Å²) in [5.74, 6) is 0.0748. The van der Waals surface area contributed by atoms with E-state index < -0.39 is 0 Å². The fraction of sp³-hybridized carbons (Fsp3) is 0.222. The lowest BCUT2D eigenvalue weighted by Gasteiger charge is -1.98. The van der Waals surface area contributed by atoms with Crippen molar-refractivity contribution in [2.75, 3.05) is 13.2 Å². The van der Waals surface area contributed by atoms with Crippen molar-refractivity contribution in [2.45, 2.75) is 0 Å². The fourth-order valence-electron chi connectivity index (χ4n) is 0.816. The third kappa shape index (κ3) is 3.24. The molecule has 0 heterocycles. The SMILES string of the molecule is OCCO/N=C/c1cc(Cl)ccc1O. The molecule has 0 aliphatic heterocycles. The Morgan fingerprint density at radius 2 is 2.29 bits per heavy atom. The summed E-state index contributed by atoms with van der Waals surface area (Å²) in [6.07, 6.45) is 1.33. The van der Waals surface area contributed by atoms with Gasteiger partial charge in [0.2, 0.25) is 0 Å². The molecule has 0 amide bonds. The average Bonchev–Trinajstić information content (AvgIpc) is 2.18. The predicted octanol–water partition coefficient (Wildman–Crippen LogP) is 1.39. The Hall–Kier alpha value is -1.26.